The first-order chi connectivity index (χ1) is 7.68. The summed E-state index contributed by atoms with van der Waals surface area (Å²) in [6, 6.07) is 13.2. The quantitative estimate of drug-likeness (QED) is 0.786. The third-order valence-corrected chi connectivity index (χ3v) is 2.72. The molecule has 0 radical (unpaired) electrons. The monoisotopic (exact) mass is 249 g/mol. The molecular formula is C14H16ClNO. The van der Waals surface area contributed by atoms with Crippen molar-refractivity contribution in [3.8, 4) is 11.5 Å². The van der Waals surface area contributed by atoms with Crippen LogP contribution in [0.2, 0.25) is 5.02 Å². The maximum absolute atomic E-state index is 6.10. The van der Waals surface area contributed by atoms with Crippen molar-refractivity contribution < 1.29 is 4.74 Å². The first-order valence-electron chi connectivity index (χ1n) is 4.96. The molecule has 2 rings (SSSR count). The van der Waals surface area contributed by atoms with Gasteiger partial charge in [-0.1, -0.05) is 43.3 Å². The molecule has 0 aliphatic heterocycles. The van der Waals surface area contributed by atoms with Gasteiger partial charge in [0.1, 0.15) is 16.5 Å². The van der Waals surface area contributed by atoms with Crippen molar-refractivity contribution in [2.75, 3.05) is 5.73 Å². The van der Waals surface area contributed by atoms with Gasteiger partial charge in [-0.3, -0.25) is 0 Å². The number of rotatable bonds is 2. The Labute approximate surface area is 107 Å². The number of nitrogens with two attached hydrogens (primary N) is 1. The standard InChI is InChI=1S/C13H12ClNO.CH4/c1-9-7-8-11(12(14)13(9)15)16-10-5-3-2-4-6-10;/h2-8H,15H2,1H3;1H4. The Bertz CT molecular complexity index is 497. The Kier molecular flexibility index (Phi) is 4.41. The molecule has 90 valence electrons. The van der Waals surface area contributed by atoms with Gasteiger partial charge in [-0.15, -0.1) is 0 Å². The molecule has 2 N–H and O–H groups in total. The lowest BCUT2D eigenvalue weighted by Gasteiger charge is -2.10. The highest BCUT2D eigenvalue weighted by Gasteiger charge is 2.08. The Morgan fingerprint density at radius 2 is 1.71 bits per heavy atom. The molecular weight excluding hydrogens is 234 g/mol. The van der Waals surface area contributed by atoms with Crippen molar-refractivity contribution in [1.29, 1.82) is 0 Å². The molecule has 0 saturated heterocycles. The second kappa shape index (κ2) is 5.60. The molecule has 0 aliphatic carbocycles. The van der Waals surface area contributed by atoms with Crippen molar-refractivity contribution in [3.63, 3.8) is 0 Å². The molecule has 0 amide bonds. The zero-order valence-corrected chi connectivity index (χ0v) is 9.66. The normalized spacial score (nSPS) is 9.53. The Balaban J connectivity index is 0.00000144. The van der Waals surface area contributed by atoms with Crippen molar-refractivity contribution in [2.24, 2.45) is 0 Å². The van der Waals surface area contributed by atoms with Crippen LogP contribution in [0.1, 0.15) is 13.0 Å². The van der Waals surface area contributed by atoms with E-state index in [4.69, 9.17) is 22.1 Å². The Hall–Kier alpha value is -1.67. The minimum Gasteiger partial charge on any atom is -0.456 e. The van der Waals surface area contributed by atoms with Gasteiger partial charge in [-0.2, -0.15) is 0 Å². The van der Waals surface area contributed by atoms with Crippen LogP contribution < -0.4 is 10.5 Å². The fraction of sp³-hybridized carbons (Fsp3) is 0.143. The molecule has 0 unspecified atom stereocenters. The summed E-state index contributed by atoms with van der Waals surface area (Å²) in [7, 11) is 0. The highest BCUT2D eigenvalue weighted by Crippen LogP contribution is 2.35. The van der Waals surface area contributed by atoms with E-state index in [2.05, 4.69) is 0 Å². The van der Waals surface area contributed by atoms with E-state index < -0.39 is 0 Å². The highest BCUT2D eigenvalue weighted by molar-refractivity contribution is 6.34. The SMILES string of the molecule is C.Cc1ccc(Oc2ccccc2)c(Cl)c1N. The zero-order chi connectivity index (χ0) is 11.5. The molecule has 0 bridgehead atoms. The average molecular weight is 250 g/mol. The van der Waals surface area contributed by atoms with Crippen molar-refractivity contribution in [3.05, 3.63) is 53.1 Å². The van der Waals surface area contributed by atoms with Crippen LogP contribution >= 0.6 is 11.6 Å². The average Bonchev–Trinajstić information content (AvgIpc) is 2.31. The molecule has 0 heterocycles. The lowest BCUT2D eigenvalue weighted by molar-refractivity contribution is 0.483. The molecule has 17 heavy (non-hydrogen) atoms. The molecule has 2 aromatic rings. The number of nitrogen functional groups attached to an aromatic ring is 1. The predicted octanol–water partition coefficient (Wildman–Crippen LogP) is 4.66. The van der Waals surface area contributed by atoms with Gasteiger partial charge in [0.15, 0.2) is 0 Å². The lowest BCUT2D eigenvalue weighted by atomic mass is 10.2. The van der Waals surface area contributed by atoms with Gasteiger partial charge in [-0.25, -0.2) is 0 Å². The first kappa shape index (κ1) is 13.4. The Morgan fingerprint density at radius 3 is 2.35 bits per heavy atom. The summed E-state index contributed by atoms with van der Waals surface area (Å²) in [5.74, 6) is 1.32. The van der Waals surface area contributed by atoms with Crippen LogP contribution in [0.5, 0.6) is 11.5 Å². The minimum atomic E-state index is 0. The zero-order valence-electron chi connectivity index (χ0n) is 8.91. The van der Waals surface area contributed by atoms with E-state index >= 15 is 0 Å². The number of anilines is 1. The van der Waals surface area contributed by atoms with Gasteiger partial charge in [0.25, 0.3) is 0 Å². The topological polar surface area (TPSA) is 35.2 Å². The van der Waals surface area contributed by atoms with Crippen LogP contribution in [0.15, 0.2) is 42.5 Å². The maximum Gasteiger partial charge on any atom is 0.148 e. The van der Waals surface area contributed by atoms with Gasteiger partial charge < -0.3 is 10.5 Å². The summed E-state index contributed by atoms with van der Waals surface area (Å²) >= 11 is 6.10. The lowest BCUT2D eigenvalue weighted by Crippen LogP contribution is -1.93. The molecule has 2 nitrogen and oxygen atoms in total. The third kappa shape index (κ3) is 2.92. The number of hydrogen-bond donors (Lipinski definition) is 1. The van der Waals surface area contributed by atoms with Gasteiger partial charge >= 0.3 is 0 Å². The van der Waals surface area contributed by atoms with E-state index in [1.165, 1.54) is 0 Å². The maximum atomic E-state index is 6.10. The summed E-state index contributed by atoms with van der Waals surface area (Å²) in [5.41, 5.74) is 7.34. The van der Waals surface area contributed by atoms with Gasteiger partial charge in [0.2, 0.25) is 0 Å². The highest BCUT2D eigenvalue weighted by atomic mass is 35.5. The van der Waals surface area contributed by atoms with Crippen molar-refractivity contribution >= 4 is 17.3 Å². The number of aryl methyl sites for hydroxylation is 1. The van der Waals surface area contributed by atoms with Gasteiger partial charge in [0.05, 0.1) is 5.69 Å². The second-order valence-electron chi connectivity index (χ2n) is 3.52. The van der Waals surface area contributed by atoms with Crippen LogP contribution in [0.25, 0.3) is 0 Å². The molecule has 0 aromatic heterocycles. The van der Waals surface area contributed by atoms with Crippen LogP contribution in [0.3, 0.4) is 0 Å². The third-order valence-electron chi connectivity index (χ3n) is 2.33. The van der Waals surface area contributed by atoms with E-state index in [9.17, 15) is 0 Å². The fourth-order valence-electron chi connectivity index (χ4n) is 1.36. The van der Waals surface area contributed by atoms with Crippen LogP contribution in [0, 0.1) is 6.92 Å². The molecule has 0 fully saturated rings. The summed E-state index contributed by atoms with van der Waals surface area (Å²) in [5, 5.41) is 0.462. The number of para-hydroxylation sites is 1. The summed E-state index contributed by atoms with van der Waals surface area (Å²) in [6.45, 7) is 1.91. The van der Waals surface area contributed by atoms with Gasteiger partial charge in [-0.05, 0) is 30.7 Å². The van der Waals surface area contributed by atoms with Gasteiger partial charge in [0, 0.05) is 0 Å². The van der Waals surface area contributed by atoms with Crippen molar-refractivity contribution in [2.45, 2.75) is 14.4 Å². The summed E-state index contributed by atoms with van der Waals surface area (Å²) < 4.78 is 5.63. The molecule has 0 atom stereocenters. The largest absolute Gasteiger partial charge is 0.456 e. The fourth-order valence-corrected chi connectivity index (χ4v) is 1.61. The number of hydrogen-bond acceptors (Lipinski definition) is 2. The number of ether oxygens (including phenoxy) is 1. The van der Waals surface area contributed by atoms with Crippen LogP contribution in [0.4, 0.5) is 5.69 Å². The van der Waals surface area contributed by atoms with E-state index in [1.54, 1.807) is 0 Å². The van der Waals surface area contributed by atoms with E-state index in [0.29, 0.717) is 16.5 Å². The smallest absolute Gasteiger partial charge is 0.148 e. The second-order valence-corrected chi connectivity index (χ2v) is 3.90. The molecule has 0 saturated carbocycles. The predicted molar refractivity (Wildman–Crippen MR) is 73.8 cm³/mol. The molecule has 0 aliphatic rings. The molecule has 3 heteroatoms. The number of benzene rings is 2. The van der Waals surface area contributed by atoms with Crippen LogP contribution in [-0.4, -0.2) is 0 Å². The van der Waals surface area contributed by atoms with E-state index in [-0.39, 0.29) is 7.43 Å². The van der Waals surface area contributed by atoms with E-state index in [0.717, 1.165) is 11.3 Å². The molecule has 0 spiro atoms. The van der Waals surface area contributed by atoms with E-state index in [1.807, 2.05) is 49.4 Å². The van der Waals surface area contributed by atoms with Crippen LogP contribution in [-0.2, 0) is 0 Å². The summed E-state index contributed by atoms with van der Waals surface area (Å²) in [6.07, 6.45) is 0. The minimum absolute atomic E-state index is 0. The van der Waals surface area contributed by atoms with Crippen molar-refractivity contribution in [1.82, 2.24) is 0 Å². The Morgan fingerprint density at radius 1 is 1.06 bits per heavy atom. The summed E-state index contributed by atoms with van der Waals surface area (Å²) in [4.78, 5) is 0. The first-order valence-corrected chi connectivity index (χ1v) is 5.34. The molecule has 2 aromatic carbocycles. The number of halogens is 1.